The summed E-state index contributed by atoms with van der Waals surface area (Å²) >= 11 is 6.14. The minimum atomic E-state index is 0.0220. The van der Waals surface area contributed by atoms with Crippen molar-refractivity contribution in [3.63, 3.8) is 0 Å². The second-order valence-electron chi connectivity index (χ2n) is 6.38. The van der Waals surface area contributed by atoms with Gasteiger partial charge in [-0.05, 0) is 51.0 Å². The second kappa shape index (κ2) is 7.41. The Labute approximate surface area is 147 Å². The van der Waals surface area contributed by atoms with Gasteiger partial charge in [-0.25, -0.2) is 0 Å². The van der Waals surface area contributed by atoms with E-state index in [0.29, 0.717) is 16.6 Å². The maximum absolute atomic E-state index is 12.6. The van der Waals surface area contributed by atoms with E-state index in [4.69, 9.17) is 16.0 Å². The van der Waals surface area contributed by atoms with Crippen LogP contribution in [0.1, 0.15) is 47.7 Å². The van der Waals surface area contributed by atoms with Gasteiger partial charge in [0.25, 0.3) is 5.91 Å². The largest absolute Gasteiger partial charge is 0.465 e. The number of hydrogen-bond acceptors (Lipinski definition) is 3. The summed E-state index contributed by atoms with van der Waals surface area (Å²) in [5, 5.41) is 4.12. The highest BCUT2D eigenvalue weighted by atomic mass is 35.5. The van der Waals surface area contributed by atoms with Gasteiger partial charge < -0.3 is 14.6 Å². The molecule has 1 aromatic heterocycles. The summed E-state index contributed by atoms with van der Waals surface area (Å²) in [7, 11) is 0. The molecule has 4 nitrogen and oxygen atoms in total. The van der Waals surface area contributed by atoms with Crippen LogP contribution in [-0.2, 0) is 0 Å². The SMILES string of the molecule is Cc1ccc([C@H](C)NC2CCN(C(=O)c3ccccc3Cl)CC2)o1. The molecule has 1 fully saturated rings. The van der Waals surface area contributed by atoms with Crippen LogP contribution in [0, 0.1) is 6.92 Å². The Morgan fingerprint density at radius 3 is 2.58 bits per heavy atom. The van der Waals surface area contributed by atoms with Gasteiger partial charge in [-0.1, -0.05) is 23.7 Å². The highest BCUT2D eigenvalue weighted by Gasteiger charge is 2.26. The predicted octanol–water partition coefficient (Wildman–Crippen LogP) is 4.20. The third-order valence-electron chi connectivity index (χ3n) is 4.56. The average molecular weight is 347 g/mol. The summed E-state index contributed by atoms with van der Waals surface area (Å²) in [5.41, 5.74) is 0.588. The molecule has 1 aliphatic heterocycles. The number of benzene rings is 1. The van der Waals surface area contributed by atoms with Crippen molar-refractivity contribution in [1.82, 2.24) is 10.2 Å². The number of furan rings is 1. The first-order valence-electron chi connectivity index (χ1n) is 8.41. The molecule has 0 bridgehead atoms. The molecule has 5 heteroatoms. The van der Waals surface area contributed by atoms with Gasteiger partial charge in [0.2, 0.25) is 0 Å². The third-order valence-corrected chi connectivity index (χ3v) is 4.89. The number of rotatable bonds is 4. The number of halogens is 1. The Hall–Kier alpha value is -1.78. The van der Waals surface area contributed by atoms with Crippen LogP contribution < -0.4 is 5.32 Å². The van der Waals surface area contributed by atoms with Gasteiger partial charge in [0.05, 0.1) is 16.6 Å². The number of piperidine rings is 1. The molecule has 0 radical (unpaired) electrons. The van der Waals surface area contributed by atoms with E-state index in [9.17, 15) is 4.79 Å². The molecular formula is C19H23ClN2O2. The molecule has 0 saturated carbocycles. The van der Waals surface area contributed by atoms with E-state index in [1.807, 2.05) is 36.1 Å². The number of hydrogen-bond donors (Lipinski definition) is 1. The lowest BCUT2D eigenvalue weighted by Gasteiger charge is -2.33. The zero-order valence-electron chi connectivity index (χ0n) is 14.1. The lowest BCUT2D eigenvalue weighted by molar-refractivity contribution is 0.0701. The van der Waals surface area contributed by atoms with Gasteiger partial charge in [-0.15, -0.1) is 0 Å². The highest BCUT2D eigenvalue weighted by Crippen LogP contribution is 2.22. The Morgan fingerprint density at radius 2 is 1.96 bits per heavy atom. The summed E-state index contributed by atoms with van der Waals surface area (Å²) in [6, 6.07) is 11.8. The van der Waals surface area contributed by atoms with Gasteiger partial charge in [-0.2, -0.15) is 0 Å². The summed E-state index contributed by atoms with van der Waals surface area (Å²) < 4.78 is 5.68. The van der Waals surface area contributed by atoms with E-state index in [-0.39, 0.29) is 11.9 Å². The molecule has 1 N–H and O–H groups in total. The number of carbonyl (C=O) groups is 1. The van der Waals surface area contributed by atoms with Crippen LogP contribution in [-0.4, -0.2) is 29.9 Å². The van der Waals surface area contributed by atoms with Crippen LogP contribution in [0.2, 0.25) is 5.02 Å². The molecule has 3 rings (SSSR count). The van der Waals surface area contributed by atoms with E-state index in [1.54, 1.807) is 12.1 Å². The first-order valence-corrected chi connectivity index (χ1v) is 8.78. The van der Waals surface area contributed by atoms with Gasteiger partial charge in [0, 0.05) is 19.1 Å². The van der Waals surface area contributed by atoms with Crippen LogP contribution in [0.4, 0.5) is 0 Å². The number of aryl methyl sites for hydroxylation is 1. The van der Waals surface area contributed by atoms with Crippen molar-refractivity contribution in [3.8, 4) is 0 Å². The van der Waals surface area contributed by atoms with Crippen molar-refractivity contribution in [2.24, 2.45) is 0 Å². The topological polar surface area (TPSA) is 45.5 Å². The minimum Gasteiger partial charge on any atom is -0.465 e. The van der Waals surface area contributed by atoms with Crippen molar-refractivity contribution in [3.05, 3.63) is 58.5 Å². The normalized spacial score (nSPS) is 17.0. The van der Waals surface area contributed by atoms with Gasteiger partial charge in [0.1, 0.15) is 11.5 Å². The molecule has 2 heterocycles. The number of nitrogens with one attached hydrogen (secondary N) is 1. The standard InChI is InChI=1S/C19H23ClN2O2/c1-13-7-8-18(24-13)14(2)21-15-9-11-22(12-10-15)19(23)16-5-3-4-6-17(16)20/h3-8,14-15,21H,9-12H2,1-2H3/t14-/m0/s1. The van der Waals surface area contributed by atoms with Gasteiger partial charge in [0.15, 0.2) is 0 Å². The summed E-state index contributed by atoms with van der Waals surface area (Å²) in [4.78, 5) is 14.5. The maximum atomic E-state index is 12.6. The Morgan fingerprint density at radius 1 is 1.25 bits per heavy atom. The highest BCUT2D eigenvalue weighted by molar-refractivity contribution is 6.33. The van der Waals surface area contributed by atoms with Crippen LogP contribution in [0.25, 0.3) is 0 Å². The van der Waals surface area contributed by atoms with Crippen molar-refractivity contribution < 1.29 is 9.21 Å². The van der Waals surface area contributed by atoms with E-state index in [1.165, 1.54) is 0 Å². The smallest absolute Gasteiger partial charge is 0.255 e. The van der Waals surface area contributed by atoms with Crippen LogP contribution >= 0.6 is 11.6 Å². The molecular weight excluding hydrogens is 324 g/mol. The minimum absolute atomic E-state index is 0.0220. The summed E-state index contributed by atoms with van der Waals surface area (Å²) in [5.74, 6) is 1.91. The molecule has 24 heavy (non-hydrogen) atoms. The monoisotopic (exact) mass is 346 g/mol. The predicted molar refractivity (Wildman–Crippen MR) is 95.4 cm³/mol. The number of likely N-dealkylation sites (tertiary alicyclic amines) is 1. The molecule has 0 spiro atoms. The zero-order chi connectivity index (χ0) is 17.1. The van der Waals surface area contributed by atoms with Crippen molar-refractivity contribution in [2.75, 3.05) is 13.1 Å². The van der Waals surface area contributed by atoms with Gasteiger partial charge >= 0.3 is 0 Å². The molecule has 0 aliphatic carbocycles. The first kappa shape index (κ1) is 17.1. The van der Waals surface area contributed by atoms with Crippen LogP contribution in [0.15, 0.2) is 40.8 Å². The number of nitrogens with zero attached hydrogens (tertiary/aromatic N) is 1. The number of carbonyl (C=O) groups excluding carboxylic acids is 1. The van der Waals surface area contributed by atoms with E-state index in [0.717, 1.165) is 37.5 Å². The van der Waals surface area contributed by atoms with E-state index < -0.39 is 0 Å². The molecule has 1 aromatic carbocycles. The Balaban J connectivity index is 1.54. The van der Waals surface area contributed by atoms with E-state index >= 15 is 0 Å². The molecule has 2 aromatic rings. The fourth-order valence-corrected chi connectivity index (χ4v) is 3.39. The fraction of sp³-hybridized carbons (Fsp3) is 0.421. The second-order valence-corrected chi connectivity index (χ2v) is 6.79. The average Bonchev–Trinajstić information content (AvgIpc) is 3.02. The van der Waals surface area contributed by atoms with Crippen molar-refractivity contribution in [2.45, 2.75) is 38.8 Å². The third kappa shape index (κ3) is 3.82. The van der Waals surface area contributed by atoms with Crippen molar-refractivity contribution >= 4 is 17.5 Å². The summed E-state index contributed by atoms with van der Waals surface area (Å²) in [6.07, 6.45) is 1.86. The Kier molecular flexibility index (Phi) is 5.27. The zero-order valence-corrected chi connectivity index (χ0v) is 14.8. The molecule has 0 unspecified atom stereocenters. The number of amides is 1. The van der Waals surface area contributed by atoms with E-state index in [2.05, 4.69) is 12.2 Å². The maximum Gasteiger partial charge on any atom is 0.255 e. The quantitative estimate of drug-likeness (QED) is 0.902. The lowest BCUT2D eigenvalue weighted by Crippen LogP contribution is -2.45. The molecule has 1 atom stereocenters. The molecule has 1 saturated heterocycles. The fourth-order valence-electron chi connectivity index (χ4n) is 3.18. The van der Waals surface area contributed by atoms with Crippen LogP contribution in [0.5, 0.6) is 0 Å². The molecule has 1 aliphatic rings. The molecule has 1 amide bonds. The summed E-state index contributed by atoms with van der Waals surface area (Å²) in [6.45, 7) is 5.55. The molecule has 128 valence electrons. The lowest BCUT2D eigenvalue weighted by atomic mass is 10.0. The Bertz CT molecular complexity index is 705. The van der Waals surface area contributed by atoms with Crippen LogP contribution in [0.3, 0.4) is 0 Å². The van der Waals surface area contributed by atoms with Crippen molar-refractivity contribution in [1.29, 1.82) is 0 Å². The van der Waals surface area contributed by atoms with Gasteiger partial charge in [-0.3, -0.25) is 4.79 Å². The first-order chi connectivity index (χ1) is 11.5.